The molecule has 3 aromatic rings. The van der Waals surface area contributed by atoms with Gasteiger partial charge in [0.1, 0.15) is 5.76 Å². The van der Waals surface area contributed by atoms with E-state index in [0.717, 1.165) is 12.2 Å². The van der Waals surface area contributed by atoms with Crippen molar-refractivity contribution in [3.05, 3.63) is 94.4 Å². The van der Waals surface area contributed by atoms with Crippen LogP contribution < -0.4 is 5.32 Å². The number of aryl methyl sites for hydroxylation is 3. The lowest BCUT2D eigenvalue weighted by Gasteiger charge is -2.17. The molecule has 3 nitrogen and oxygen atoms in total. The fourth-order valence-corrected chi connectivity index (χ4v) is 2.92. The predicted molar refractivity (Wildman–Crippen MR) is 125 cm³/mol. The van der Waals surface area contributed by atoms with E-state index in [9.17, 15) is 4.79 Å². The number of carbonyl (C=O) groups excluding carboxylic acids is 1. The van der Waals surface area contributed by atoms with Crippen LogP contribution in [0.5, 0.6) is 0 Å². The molecular weight excluding hydrogens is 370 g/mol. The van der Waals surface area contributed by atoms with Gasteiger partial charge in [-0.05, 0) is 54.5 Å². The van der Waals surface area contributed by atoms with Gasteiger partial charge in [0.05, 0.1) is 0 Å². The summed E-state index contributed by atoms with van der Waals surface area (Å²) in [5.41, 5.74) is 5.17. The van der Waals surface area contributed by atoms with Gasteiger partial charge in [0.25, 0.3) is 5.91 Å². The number of furan rings is 1. The van der Waals surface area contributed by atoms with Gasteiger partial charge in [0.2, 0.25) is 0 Å². The first-order valence-corrected chi connectivity index (χ1v) is 10.6. The van der Waals surface area contributed by atoms with Gasteiger partial charge in [0, 0.05) is 13.0 Å². The Balaban J connectivity index is 0.000000335. The molecule has 2 aromatic carbocycles. The smallest absolute Gasteiger partial charge is 0.287 e. The van der Waals surface area contributed by atoms with Gasteiger partial charge < -0.3 is 9.73 Å². The topological polar surface area (TPSA) is 42.2 Å². The molecule has 1 amide bonds. The van der Waals surface area contributed by atoms with E-state index in [2.05, 4.69) is 89.3 Å². The molecule has 3 rings (SSSR count). The number of carbonyl (C=O) groups is 1. The van der Waals surface area contributed by atoms with Crippen LogP contribution >= 0.6 is 0 Å². The number of benzene rings is 2. The van der Waals surface area contributed by atoms with E-state index in [1.807, 2.05) is 12.1 Å². The maximum atomic E-state index is 12.1. The van der Waals surface area contributed by atoms with Crippen LogP contribution in [0.25, 0.3) is 0 Å². The van der Waals surface area contributed by atoms with Gasteiger partial charge in [-0.3, -0.25) is 4.79 Å². The van der Waals surface area contributed by atoms with Crippen LogP contribution in [0, 0.1) is 19.3 Å². The van der Waals surface area contributed by atoms with E-state index >= 15 is 0 Å². The standard InChI is InChI=1S/C19H25NO2.C8H10/c1-13-6-7-14(2)15(10-13)11-16-8-9-17(22-16)18(21)20-12-19(3,4)5;1-2-8-6-4-3-5-7-8/h6-10H,11-12H2,1-5H3,(H,20,21);3-7H,2H2,1H3. The van der Waals surface area contributed by atoms with Gasteiger partial charge in [0.15, 0.2) is 5.76 Å². The largest absolute Gasteiger partial charge is 0.456 e. The summed E-state index contributed by atoms with van der Waals surface area (Å²) >= 11 is 0. The highest BCUT2D eigenvalue weighted by Gasteiger charge is 2.16. The van der Waals surface area contributed by atoms with Crippen molar-refractivity contribution in [3.63, 3.8) is 0 Å². The SMILES string of the molecule is CCc1ccccc1.Cc1ccc(C)c(Cc2ccc(C(=O)NCC(C)(C)C)o2)c1. The monoisotopic (exact) mass is 405 g/mol. The van der Waals surface area contributed by atoms with Crippen molar-refractivity contribution in [2.24, 2.45) is 5.41 Å². The lowest BCUT2D eigenvalue weighted by atomic mass is 9.97. The highest BCUT2D eigenvalue weighted by atomic mass is 16.3. The Labute approximate surface area is 181 Å². The molecule has 0 saturated heterocycles. The van der Waals surface area contributed by atoms with Crippen molar-refractivity contribution in [3.8, 4) is 0 Å². The number of hydrogen-bond donors (Lipinski definition) is 1. The number of rotatable bonds is 5. The maximum absolute atomic E-state index is 12.1. The average molecular weight is 406 g/mol. The molecule has 160 valence electrons. The van der Waals surface area contributed by atoms with Crippen LogP contribution in [0.15, 0.2) is 65.1 Å². The molecule has 0 aliphatic heterocycles. The lowest BCUT2D eigenvalue weighted by molar-refractivity contribution is 0.0910. The van der Waals surface area contributed by atoms with Crippen LogP contribution in [0.4, 0.5) is 0 Å². The molecule has 1 heterocycles. The average Bonchev–Trinajstić information content (AvgIpc) is 3.18. The van der Waals surface area contributed by atoms with Crippen molar-refractivity contribution >= 4 is 5.91 Å². The Bertz CT molecular complexity index is 933. The predicted octanol–water partition coefficient (Wildman–Crippen LogP) is 6.51. The Morgan fingerprint density at radius 2 is 1.67 bits per heavy atom. The van der Waals surface area contributed by atoms with E-state index in [0.29, 0.717) is 18.7 Å². The van der Waals surface area contributed by atoms with Crippen molar-refractivity contribution in [1.82, 2.24) is 5.32 Å². The van der Waals surface area contributed by atoms with E-state index in [-0.39, 0.29) is 11.3 Å². The molecule has 30 heavy (non-hydrogen) atoms. The Kier molecular flexibility index (Phi) is 8.46. The van der Waals surface area contributed by atoms with Crippen molar-refractivity contribution in [2.75, 3.05) is 6.54 Å². The Morgan fingerprint density at radius 3 is 2.27 bits per heavy atom. The molecule has 0 spiro atoms. The first-order chi connectivity index (χ1) is 14.2. The minimum Gasteiger partial charge on any atom is -0.456 e. The van der Waals surface area contributed by atoms with Crippen LogP contribution in [-0.2, 0) is 12.8 Å². The molecule has 1 N–H and O–H groups in total. The summed E-state index contributed by atoms with van der Waals surface area (Å²) in [6, 6.07) is 20.5. The molecule has 0 bridgehead atoms. The Hall–Kier alpha value is -2.81. The first kappa shape index (κ1) is 23.5. The van der Waals surface area contributed by atoms with Crippen molar-refractivity contribution in [1.29, 1.82) is 0 Å². The summed E-state index contributed by atoms with van der Waals surface area (Å²) < 4.78 is 5.70. The van der Waals surface area contributed by atoms with Crippen LogP contribution in [-0.4, -0.2) is 12.5 Å². The third-order valence-corrected chi connectivity index (χ3v) is 4.79. The van der Waals surface area contributed by atoms with Gasteiger partial charge in [-0.25, -0.2) is 0 Å². The van der Waals surface area contributed by atoms with Crippen molar-refractivity contribution in [2.45, 2.75) is 54.4 Å². The second-order valence-corrected chi connectivity index (χ2v) is 8.96. The first-order valence-electron chi connectivity index (χ1n) is 10.6. The molecule has 0 aliphatic rings. The second kappa shape index (κ2) is 10.8. The molecule has 0 unspecified atom stereocenters. The molecule has 0 atom stereocenters. The summed E-state index contributed by atoms with van der Waals surface area (Å²) in [7, 11) is 0. The van der Waals surface area contributed by atoms with Crippen LogP contribution in [0.1, 0.15) is 66.3 Å². The maximum Gasteiger partial charge on any atom is 0.287 e. The highest BCUT2D eigenvalue weighted by molar-refractivity contribution is 5.91. The molecular formula is C27H35NO2. The molecule has 0 radical (unpaired) electrons. The molecule has 0 aliphatic carbocycles. The van der Waals surface area contributed by atoms with E-state index in [1.54, 1.807) is 6.07 Å². The summed E-state index contributed by atoms with van der Waals surface area (Å²) in [6.45, 7) is 13.2. The fraction of sp³-hybridized carbons (Fsp3) is 0.370. The highest BCUT2D eigenvalue weighted by Crippen LogP contribution is 2.18. The summed E-state index contributed by atoms with van der Waals surface area (Å²) in [6.07, 6.45) is 1.85. The van der Waals surface area contributed by atoms with Gasteiger partial charge in [-0.2, -0.15) is 0 Å². The molecule has 0 saturated carbocycles. The van der Waals surface area contributed by atoms with Crippen molar-refractivity contribution < 1.29 is 9.21 Å². The zero-order chi connectivity index (χ0) is 22.1. The lowest BCUT2D eigenvalue weighted by Crippen LogP contribution is -2.31. The minimum absolute atomic E-state index is 0.0593. The fourth-order valence-electron chi connectivity index (χ4n) is 2.92. The third-order valence-electron chi connectivity index (χ3n) is 4.79. The number of hydrogen-bond acceptors (Lipinski definition) is 2. The molecule has 3 heteroatoms. The summed E-state index contributed by atoms with van der Waals surface area (Å²) in [5.74, 6) is 1.04. The normalized spacial score (nSPS) is 10.9. The van der Waals surface area contributed by atoms with E-state index in [4.69, 9.17) is 4.42 Å². The summed E-state index contributed by atoms with van der Waals surface area (Å²) in [5, 5.41) is 2.90. The number of nitrogens with one attached hydrogen (secondary N) is 1. The van der Waals surface area contributed by atoms with E-state index < -0.39 is 0 Å². The zero-order valence-electron chi connectivity index (χ0n) is 19.2. The molecule has 1 aromatic heterocycles. The zero-order valence-corrected chi connectivity index (χ0v) is 19.2. The van der Waals surface area contributed by atoms with Gasteiger partial charge in [-0.15, -0.1) is 0 Å². The third kappa shape index (κ3) is 7.90. The second-order valence-electron chi connectivity index (χ2n) is 8.96. The summed E-state index contributed by atoms with van der Waals surface area (Å²) in [4.78, 5) is 12.1. The van der Waals surface area contributed by atoms with Gasteiger partial charge in [-0.1, -0.05) is 81.8 Å². The van der Waals surface area contributed by atoms with Crippen LogP contribution in [0.2, 0.25) is 0 Å². The minimum atomic E-state index is -0.151. The van der Waals surface area contributed by atoms with Gasteiger partial charge >= 0.3 is 0 Å². The van der Waals surface area contributed by atoms with E-state index in [1.165, 1.54) is 22.3 Å². The quantitative estimate of drug-likeness (QED) is 0.525. The van der Waals surface area contributed by atoms with Crippen LogP contribution in [0.3, 0.4) is 0 Å². The molecule has 0 fully saturated rings. The Morgan fingerprint density at radius 1 is 0.967 bits per heavy atom. The number of amides is 1.